The minimum absolute atomic E-state index is 0.726. The van der Waals surface area contributed by atoms with Gasteiger partial charge in [-0.1, -0.05) is 91.5 Å². The minimum Gasteiger partial charge on any atom is -0.229 e. The van der Waals surface area contributed by atoms with Crippen molar-refractivity contribution < 1.29 is 0 Å². The maximum Gasteiger partial charge on any atom is 0.160 e. The number of hydrogen-bond acceptors (Lipinski definition) is 2. The molecule has 2 nitrogen and oxygen atoms in total. The lowest BCUT2D eigenvalue weighted by atomic mass is 10.1. The van der Waals surface area contributed by atoms with Crippen molar-refractivity contribution in [3.63, 3.8) is 0 Å². The van der Waals surface area contributed by atoms with Crippen molar-refractivity contribution in [3.8, 4) is 22.6 Å². The molecule has 0 saturated carbocycles. The van der Waals surface area contributed by atoms with Crippen molar-refractivity contribution in [2.75, 3.05) is 0 Å². The lowest BCUT2D eigenvalue weighted by molar-refractivity contribution is 1.16. The highest BCUT2D eigenvalue weighted by molar-refractivity contribution is 5.67. The third-order valence-electron chi connectivity index (χ3n) is 3.47. The van der Waals surface area contributed by atoms with Crippen LogP contribution in [0.25, 0.3) is 28.7 Å². The van der Waals surface area contributed by atoms with E-state index in [4.69, 9.17) is 4.98 Å². The molecule has 116 valence electrons. The molecule has 1 heterocycles. The van der Waals surface area contributed by atoms with Gasteiger partial charge in [0.15, 0.2) is 5.82 Å². The normalized spacial score (nSPS) is 11.2. The van der Waals surface area contributed by atoms with Crippen molar-refractivity contribution in [1.82, 2.24) is 9.97 Å². The number of allylic oxidation sites excluding steroid dienone is 4. The largest absolute Gasteiger partial charge is 0.229 e. The summed E-state index contributed by atoms with van der Waals surface area (Å²) < 4.78 is 0. The molecule has 24 heavy (non-hydrogen) atoms. The Morgan fingerprint density at radius 2 is 1.38 bits per heavy atom. The molecule has 0 amide bonds. The second-order valence-corrected chi connectivity index (χ2v) is 5.21. The Morgan fingerprint density at radius 3 is 2.04 bits per heavy atom. The Bertz CT molecular complexity index is 805. The molecule has 0 unspecified atom stereocenters. The van der Waals surface area contributed by atoms with Crippen molar-refractivity contribution in [2.24, 2.45) is 0 Å². The van der Waals surface area contributed by atoms with Gasteiger partial charge in [0.25, 0.3) is 0 Å². The molecule has 0 N–H and O–H groups in total. The van der Waals surface area contributed by atoms with E-state index in [1.165, 1.54) is 0 Å². The van der Waals surface area contributed by atoms with Gasteiger partial charge in [-0.15, -0.1) is 0 Å². The van der Waals surface area contributed by atoms with Gasteiger partial charge in [-0.05, 0) is 12.1 Å². The quantitative estimate of drug-likeness (QED) is 0.576. The third-order valence-corrected chi connectivity index (χ3v) is 3.47. The first-order chi connectivity index (χ1) is 11.9. The molecule has 0 spiro atoms. The summed E-state index contributed by atoms with van der Waals surface area (Å²) in [6.07, 6.45) is 9.48. The average molecular weight is 310 g/mol. The zero-order chi connectivity index (χ0) is 16.6. The number of hydrogen-bond donors (Lipinski definition) is 0. The van der Waals surface area contributed by atoms with E-state index >= 15 is 0 Å². The second-order valence-electron chi connectivity index (χ2n) is 5.21. The molecular weight excluding hydrogens is 292 g/mol. The summed E-state index contributed by atoms with van der Waals surface area (Å²) in [5.74, 6) is 0.726. The van der Waals surface area contributed by atoms with E-state index in [1.54, 1.807) is 6.08 Å². The summed E-state index contributed by atoms with van der Waals surface area (Å²) in [5, 5.41) is 0. The van der Waals surface area contributed by atoms with Gasteiger partial charge in [-0.25, -0.2) is 9.97 Å². The molecule has 0 aliphatic rings. The van der Waals surface area contributed by atoms with Crippen LogP contribution >= 0.6 is 0 Å². The second kappa shape index (κ2) is 7.84. The van der Waals surface area contributed by atoms with Crippen LogP contribution in [0.3, 0.4) is 0 Å². The standard InChI is InChI=1S/C22H18N2/c1-2-3-4-11-16-20-17-21(18-12-7-5-8-13-18)24-22(23-20)19-14-9-6-10-15-19/h2-17H,1H2/b4-3-,16-11+. The van der Waals surface area contributed by atoms with E-state index in [9.17, 15) is 0 Å². The molecule has 0 atom stereocenters. The summed E-state index contributed by atoms with van der Waals surface area (Å²) in [5.41, 5.74) is 3.87. The maximum absolute atomic E-state index is 4.74. The Kier molecular flexibility index (Phi) is 5.10. The van der Waals surface area contributed by atoms with E-state index in [0.717, 1.165) is 28.3 Å². The van der Waals surface area contributed by atoms with Crippen LogP contribution in [0.5, 0.6) is 0 Å². The van der Waals surface area contributed by atoms with Gasteiger partial charge in [0.2, 0.25) is 0 Å². The van der Waals surface area contributed by atoms with E-state index in [-0.39, 0.29) is 0 Å². The lowest BCUT2D eigenvalue weighted by Gasteiger charge is -2.06. The minimum atomic E-state index is 0.726. The number of aromatic nitrogens is 2. The molecular formula is C22H18N2. The van der Waals surface area contributed by atoms with E-state index in [2.05, 4.69) is 23.7 Å². The molecule has 0 aliphatic heterocycles. The van der Waals surface area contributed by atoms with Crippen LogP contribution in [0, 0.1) is 0 Å². The topological polar surface area (TPSA) is 25.8 Å². The van der Waals surface area contributed by atoms with Crippen molar-refractivity contribution >= 4 is 6.08 Å². The summed E-state index contributed by atoms with van der Waals surface area (Å²) in [4.78, 5) is 9.41. The molecule has 2 aromatic carbocycles. The van der Waals surface area contributed by atoms with Crippen LogP contribution in [-0.4, -0.2) is 9.97 Å². The SMILES string of the molecule is C=C/C=C\C=C\c1cc(-c2ccccc2)nc(-c2ccccc2)n1. The highest BCUT2D eigenvalue weighted by atomic mass is 14.9. The lowest BCUT2D eigenvalue weighted by Crippen LogP contribution is -1.95. The molecule has 0 aliphatic carbocycles. The van der Waals surface area contributed by atoms with Crippen molar-refractivity contribution in [1.29, 1.82) is 0 Å². The van der Waals surface area contributed by atoms with Crippen molar-refractivity contribution in [3.05, 3.63) is 103 Å². The molecule has 0 saturated heterocycles. The highest BCUT2D eigenvalue weighted by Crippen LogP contribution is 2.22. The van der Waals surface area contributed by atoms with Gasteiger partial charge in [-0.2, -0.15) is 0 Å². The Balaban J connectivity index is 2.07. The van der Waals surface area contributed by atoms with Crippen LogP contribution < -0.4 is 0 Å². The predicted octanol–water partition coefficient (Wildman–Crippen LogP) is 5.57. The first-order valence-corrected chi connectivity index (χ1v) is 7.82. The molecule has 2 heteroatoms. The molecule has 0 fully saturated rings. The fourth-order valence-electron chi connectivity index (χ4n) is 2.32. The fourth-order valence-corrected chi connectivity index (χ4v) is 2.32. The van der Waals surface area contributed by atoms with Gasteiger partial charge in [0.05, 0.1) is 11.4 Å². The summed E-state index contributed by atoms with van der Waals surface area (Å²) in [7, 11) is 0. The summed E-state index contributed by atoms with van der Waals surface area (Å²) in [6.45, 7) is 3.67. The van der Waals surface area contributed by atoms with Crippen LogP contribution in [0.4, 0.5) is 0 Å². The van der Waals surface area contributed by atoms with Gasteiger partial charge < -0.3 is 0 Å². The number of rotatable bonds is 5. The molecule has 3 aromatic rings. The molecule has 0 radical (unpaired) electrons. The molecule has 3 rings (SSSR count). The predicted molar refractivity (Wildman–Crippen MR) is 101 cm³/mol. The Hall–Kier alpha value is -3.26. The monoisotopic (exact) mass is 310 g/mol. The van der Waals surface area contributed by atoms with Crippen LogP contribution in [0.1, 0.15) is 5.69 Å². The van der Waals surface area contributed by atoms with Crippen molar-refractivity contribution in [2.45, 2.75) is 0 Å². The van der Waals surface area contributed by atoms with Crippen LogP contribution in [0.15, 0.2) is 97.6 Å². The van der Waals surface area contributed by atoms with Gasteiger partial charge in [0.1, 0.15) is 0 Å². The number of benzene rings is 2. The Morgan fingerprint density at radius 1 is 0.708 bits per heavy atom. The third kappa shape index (κ3) is 3.93. The van der Waals surface area contributed by atoms with Gasteiger partial charge in [0, 0.05) is 11.1 Å². The van der Waals surface area contributed by atoms with Gasteiger partial charge in [-0.3, -0.25) is 0 Å². The van der Waals surface area contributed by atoms with E-state index < -0.39 is 0 Å². The highest BCUT2D eigenvalue weighted by Gasteiger charge is 2.07. The zero-order valence-corrected chi connectivity index (χ0v) is 13.3. The smallest absolute Gasteiger partial charge is 0.160 e. The first kappa shape index (κ1) is 15.6. The molecule has 1 aromatic heterocycles. The zero-order valence-electron chi connectivity index (χ0n) is 13.3. The Labute approximate surface area is 142 Å². The number of nitrogens with zero attached hydrogens (tertiary/aromatic N) is 2. The maximum atomic E-state index is 4.74. The first-order valence-electron chi connectivity index (χ1n) is 7.82. The fraction of sp³-hybridized carbons (Fsp3) is 0. The average Bonchev–Trinajstić information content (AvgIpc) is 2.66. The molecule has 0 bridgehead atoms. The van der Waals surface area contributed by atoms with E-state index in [0.29, 0.717) is 0 Å². The van der Waals surface area contributed by atoms with Gasteiger partial charge >= 0.3 is 0 Å². The summed E-state index contributed by atoms with van der Waals surface area (Å²) >= 11 is 0. The summed E-state index contributed by atoms with van der Waals surface area (Å²) in [6, 6.07) is 22.2. The van der Waals surface area contributed by atoms with E-state index in [1.807, 2.05) is 78.9 Å². The van der Waals surface area contributed by atoms with Crippen LogP contribution in [0.2, 0.25) is 0 Å². The van der Waals surface area contributed by atoms with Crippen LogP contribution in [-0.2, 0) is 0 Å².